The van der Waals surface area contributed by atoms with Gasteiger partial charge in [0.1, 0.15) is 17.2 Å². The number of hydrogen-bond donors (Lipinski definition) is 1. The smallest absolute Gasteiger partial charge is 0.147 e. The summed E-state index contributed by atoms with van der Waals surface area (Å²) < 4.78 is 3.89. The maximum Gasteiger partial charge on any atom is 0.147 e. The topological polar surface area (TPSA) is 64.7 Å². The van der Waals surface area contributed by atoms with Crippen LogP contribution in [0.3, 0.4) is 0 Å². The van der Waals surface area contributed by atoms with Gasteiger partial charge in [0.25, 0.3) is 0 Å². The van der Waals surface area contributed by atoms with Crippen molar-refractivity contribution in [3.8, 4) is 10.6 Å². The summed E-state index contributed by atoms with van der Waals surface area (Å²) in [5.74, 6) is 0.495. The highest BCUT2D eigenvalue weighted by Gasteiger charge is 2.04. The highest BCUT2D eigenvalue weighted by atomic mass is 32.1. The van der Waals surface area contributed by atoms with Crippen molar-refractivity contribution in [3.63, 3.8) is 0 Å². The van der Waals surface area contributed by atoms with Crippen LogP contribution in [0.15, 0.2) is 24.7 Å². The fourth-order valence-corrected chi connectivity index (χ4v) is 1.45. The van der Waals surface area contributed by atoms with Gasteiger partial charge < -0.3 is 5.73 Å². The molecule has 2 N–H and O–H groups in total. The van der Waals surface area contributed by atoms with Gasteiger partial charge in [0.2, 0.25) is 0 Å². The van der Waals surface area contributed by atoms with Crippen LogP contribution in [0.5, 0.6) is 0 Å². The molecule has 0 spiro atoms. The van der Waals surface area contributed by atoms with Gasteiger partial charge in [-0.1, -0.05) is 0 Å². The Hall–Kier alpha value is -1.49. The fourth-order valence-electron chi connectivity index (χ4n) is 0.890. The number of anilines is 1. The molecule has 5 heteroatoms. The Kier molecular flexibility index (Phi) is 1.71. The molecule has 0 saturated heterocycles. The highest BCUT2D eigenvalue weighted by Crippen LogP contribution is 2.23. The Balaban J connectivity index is 2.55. The Bertz CT molecular complexity index is 371. The van der Waals surface area contributed by atoms with E-state index in [1.54, 1.807) is 6.20 Å². The normalized spacial score (nSPS) is 10.0. The Labute approximate surface area is 73.3 Å². The van der Waals surface area contributed by atoms with Crippen LogP contribution in [0.25, 0.3) is 10.6 Å². The summed E-state index contributed by atoms with van der Waals surface area (Å²) in [6.07, 6.45) is 3.16. The summed E-state index contributed by atoms with van der Waals surface area (Å²) >= 11 is 1.31. The monoisotopic (exact) mass is 178 g/mol. The first-order chi connectivity index (χ1) is 5.88. The highest BCUT2D eigenvalue weighted by molar-refractivity contribution is 7.09. The van der Waals surface area contributed by atoms with E-state index in [1.807, 2.05) is 12.1 Å². The quantitative estimate of drug-likeness (QED) is 0.712. The summed E-state index contributed by atoms with van der Waals surface area (Å²) in [5, 5.41) is 0.806. The molecule has 0 radical (unpaired) electrons. The van der Waals surface area contributed by atoms with Gasteiger partial charge in [-0.15, -0.1) is 0 Å². The number of pyridine rings is 1. The van der Waals surface area contributed by atoms with Crippen molar-refractivity contribution >= 4 is 17.4 Å². The molecule has 0 aliphatic rings. The third kappa shape index (κ3) is 1.14. The van der Waals surface area contributed by atoms with Gasteiger partial charge in [0.15, 0.2) is 0 Å². The van der Waals surface area contributed by atoms with Crippen molar-refractivity contribution in [1.82, 2.24) is 14.3 Å². The molecule has 0 saturated carbocycles. The Morgan fingerprint density at radius 2 is 2.25 bits per heavy atom. The molecule has 2 rings (SSSR count). The number of nitrogens with two attached hydrogens (primary N) is 1. The minimum absolute atomic E-state index is 0.495. The van der Waals surface area contributed by atoms with Crippen LogP contribution in [0.1, 0.15) is 0 Å². The summed E-state index contributed by atoms with van der Waals surface area (Å²) in [6.45, 7) is 0. The standard InChI is InChI=1S/C7H6N4S/c8-6-5(2-1-3-9-6)7-10-4-11-12-7/h1-4H,(H2,8,9). The molecule has 0 aromatic carbocycles. The number of rotatable bonds is 1. The van der Waals surface area contributed by atoms with Crippen molar-refractivity contribution in [2.75, 3.05) is 5.73 Å². The van der Waals surface area contributed by atoms with E-state index in [0.29, 0.717) is 5.82 Å². The van der Waals surface area contributed by atoms with E-state index < -0.39 is 0 Å². The molecule has 2 heterocycles. The first-order valence-electron chi connectivity index (χ1n) is 3.35. The number of hydrogen-bond acceptors (Lipinski definition) is 5. The zero-order chi connectivity index (χ0) is 8.39. The molecule has 0 aliphatic carbocycles. The van der Waals surface area contributed by atoms with Gasteiger partial charge in [-0.05, 0) is 23.7 Å². The van der Waals surface area contributed by atoms with Crippen molar-refractivity contribution in [2.45, 2.75) is 0 Å². The summed E-state index contributed by atoms with van der Waals surface area (Å²) in [4.78, 5) is 7.99. The molecule has 0 amide bonds. The van der Waals surface area contributed by atoms with Crippen molar-refractivity contribution in [3.05, 3.63) is 24.7 Å². The van der Waals surface area contributed by atoms with E-state index in [9.17, 15) is 0 Å². The molecule has 12 heavy (non-hydrogen) atoms. The SMILES string of the molecule is Nc1ncccc1-c1ncns1. The van der Waals surface area contributed by atoms with Gasteiger partial charge in [0.05, 0.1) is 5.56 Å². The van der Waals surface area contributed by atoms with Crippen molar-refractivity contribution in [1.29, 1.82) is 0 Å². The van der Waals surface area contributed by atoms with E-state index in [4.69, 9.17) is 5.73 Å². The maximum absolute atomic E-state index is 5.64. The average molecular weight is 178 g/mol. The lowest BCUT2D eigenvalue weighted by Gasteiger charge is -1.97. The zero-order valence-electron chi connectivity index (χ0n) is 6.14. The van der Waals surface area contributed by atoms with Crippen molar-refractivity contribution < 1.29 is 0 Å². The van der Waals surface area contributed by atoms with E-state index in [0.717, 1.165) is 10.6 Å². The molecule has 60 valence electrons. The van der Waals surface area contributed by atoms with E-state index in [2.05, 4.69) is 14.3 Å². The van der Waals surface area contributed by atoms with Crippen LogP contribution < -0.4 is 5.73 Å². The summed E-state index contributed by atoms with van der Waals surface area (Å²) in [5.41, 5.74) is 6.49. The zero-order valence-corrected chi connectivity index (χ0v) is 6.95. The third-order valence-electron chi connectivity index (χ3n) is 1.43. The summed E-state index contributed by atoms with van der Waals surface area (Å²) in [7, 11) is 0. The van der Waals surface area contributed by atoms with Crippen LogP contribution in [-0.2, 0) is 0 Å². The van der Waals surface area contributed by atoms with Gasteiger partial charge in [-0.2, -0.15) is 4.37 Å². The predicted octanol–water partition coefficient (Wildman–Crippen LogP) is 1.18. The van der Waals surface area contributed by atoms with Crippen LogP contribution in [0.2, 0.25) is 0 Å². The first-order valence-corrected chi connectivity index (χ1v) is 4.13. The minimum Gasteiger partial charge on any atom is -0.383 e. The fraction of sp³-hybridized carbons (Fsp3) is 0. The second kappa shape index (κ2) is 2.86. The first kappa shape index (κ1) is 7.17. The van der Waals surface area contributed by atoms with E-state index in [-0.39, 0.29) is 0 Å². The second-order valence-electron chi connectivity index (χ2n) is 2.18. The molecule has 0 bridgehead atoms. The van der Waals surface area contributed by atoms with E-state index in [1.165, 1.54) is 17.9 Å². The third-order valence-corrected chi connectivity index (χ3v) is 2.13. The minimum atomic E-state index is 0.495. The summed E-state index contributed by atoms with van der Waals surface area (Å²) in [6, 6.07) is 3.70. The second-order valence-corrected chi connectivity index (χ2v) is 2.96. The van der Waals surface area contributed by atoms with Gasteiger partial charge in [0, 0.05) is 6.20 Å². The molecule has 2 aromatic heterocycles. The predicted molar refractivity (Wildman–Crippen MR) is 47.6 cm³/mol. The molecular weight excluding hydrogens is 172 g/mol. The van der Waals surface area contributed by atoms with Crippen molar-refractivity contribution in [2.24, 2.45) is 0 Å². The van der Waals surface area contributed by atoms with E-state index >= 15 is 0 Å². The van der Waals surface area contributed by atoms with Crippen LogP contribution in [0.4, 0.5) is 5.82 Å². The molecule has 2 aromatic rings. The molecular formula is C7H6N4S. The Morgan fingerprint density at radius 1 is 1.33 bits per heavy atom. The molecule has 0 atom stereocenters. The average Bonchev–Trinajstić information content (AvgIpc) is 2.57. The lowest BCUT2D eigenvalue weighted by Crippen LogP contribution is -1.92. The molecule has 0 fully saturated rings. The number of nitrogens with zero attached hydrogens (tertiary/aromatic N) is 3. The van der Waals surface area contributed by atoms with Crippen LogP contribution >= 0.6 is 11.5 Å². The lowest BCUT2D eigenvalue weighted by atomic mass is 10.3. The Morgan fingerprint density at radius 3 is 2.92 bits per heavy atom. The number of aromatic nitrogens is 3. The number of nitrogen functional groups attached to an aromatic ring is 1. The lowest BCUT2D eigenvalue weighted by molar-refractivity contribution is 1.30. The molecule has 0 unspecified atom stereocenters. The molecule has 4 nitrogen and oxygen atoms in total. The van der Waals surface area contributed by atoms with Gasteiger partial charge in [-0.3, -0.25) is 0 Å². The largest absolute Gasteiger partial charge is 0.383 e. The van der Waals surface area contributed by atoms with Gasteiger partial charge in [-0.25, -0.2) is 9.97 Å². The van der Waals surface area contributed by atoms with Crippen LogP contribution in [-0.4, -0.2) is 14.3 Å². The maximum atomic E-state index is 5.64. The van der Waals surface area contributed by atoms with Gasteiger partial charge >= 0.3 is 0 Å². The molecule has 0 aliphatic heterocycles. The van der Waals surface area contributed by atoms with Crippen LogP contribution in [0, 0.1) is 0 Å².